The van der Waals surface area contributed by atoms with Crippen molar-refractivity contribution in [1.29, 1.82) is 0 Å². The zero-order valence-corrected chi connectivity index (χ0v) is 12.1. The van der Waals surface area contributed by atoms with Crippen LogP contribution in [0.15, 0.2) is 35.1 Å². The molecule has 0 saturated heterocycles. The number of amides is 1. The van der Waals surface area contributed by atoms with E-state index in [4.69, 9.17) is 4.42 Å². The zero-order valence-electron chi connectivity index (χ0n) is 11.3. The Morgan fingerprint density at radius 3 is 3.05 bits per heavy atom. The highest BCUT2D eigenvalue weighted by Gasteiger charge is 2.26. The van der Waals surface area contributed by atoms with Crippen LogP contribution in [-0.2, 0) is 10.4 Å². The van der Waals surface area contributed by atoms with Gasteiger partial charge in [0.25, 0.3) is 0 Å². The summed E-state index contributed by atoms with van der Waals surface area (Å²) in [6, 6.07) is 3.36. The van der Waals surface area contributed by atoms with Crippen LogP contribution in [0.4, 0.5) is 0 Å². The Hall–Kier alpha value is -1.92. The van der Waals surface area contributed by atoms with E-state index in [9.17, 15) is 9.90 Å². The zero-order chi connectivity index (χ0) is 14.6. The number of thiazole rings is 1. The largest absolute Gasteiger partial charge is 0.466 e. The molecule has 2 rings (SSSR count). The van der Waals surface area contributed by atoms with Gasteiger partial charge in [0.05, 0.1) is 17.8 Å². The summed E-state index contributed by atoms with van der Waals surface area (Å²) in [6.45, 7) is 3.57. The molecule has 0 aliphatic carbocycles. The van der Waals surface area contributed by atoms with Crippen LogP contribution in [0, 0.1) is 6.92 Å². The fourth-order valence-electron chi connectivity index (χ4n) is 1.60. The van der Waals surface area contributed by atoms with Crippen molar-refractivity contribution in [1.82, 2.24) is 10.3 Å². The van der Waals surface area contributed by atoms with Gasteiger partial charge in [-0.05, 0) is 32.1 Å². The molecule has 6 heteroatoms. The molecular weight excluding hydrogens is 276 g/mol. The Kier molecular flexibility index (Phi) is 4.36. The Morgan fingerprint density at radius 2 is 2.45 bits per heavy atom. The molecule has 20 heavy (non-hydrogen) atoms. The second-order valence-electron chi connectivity index (χ2n) is 4.58. The molecule has 2 aromatic heterocycles. The predicted octanol–water partition coefficient (Wildman–Crippen LogP) is 2.08. The third-order valence-corrected chi connectivity index (χ3v) is 3.57. The SMILES string of the molecule is Cc1ncc(C=CC(=O)NCC(C)(O)c2ccco2)s1. The summed E-state index contributed by atoms with van der Waals surface area (Å²) in [7, 11) is 0. The minimum absolute atomic E-state index is 0.0748. The molecule has 2 N–H and O–H groups in total. The van der Waals surface area contributed by atoms with Gasteiger partial charge in [-0.1, -0.05) is 0 Å². The summed E-state index contributed by atoms with van der Waals surface area (Å²) in [5.41, 5.74) is -1.23. The quantitative estimate of drug-likeness (QED) is 0.827. The molecule has 1 unspecified atom stereocenters. The predicted molar refractivity (Wildman–Crippen MR) is 77.2 cm³/mol. The third-order valence-electron chi connectivity index (χ3n) is 2.70. The molecule has 0 saturated carbocycles. The minimum Gasteiger partial charge on any atom is -0.466 e. The molecule has 0 aromatic carbocycles. The van der Waals surface area contributed by atoms with Gasteiger partial charge < -0.3 is 14.8 Å². The Morgan fingerprint density at radius 1 is 1.65 bits per heavy atom. The molecule has 5 nitrogen and oxygen atoms in total. The van der Waals surface area contributed by atoms with Gasteiger partial charge >= 0.3 is 0 Å². The summed E-state index contributed by atoms with van der Waals surface area (Å²) >= 11 is 1.51. The standard InChI is InChI=1S/C14H16N2O3S/c1-10-15-8-11(20-10)5-6-13(17)16-9-14(2,18)12-4-3-7-19-12/h3-8,18H,9H2,1-2H3,(H,16,17). The summed E-state index contributed by atoms with van der Waals surface area (Å²) < 4.78 is 5.14. The van der Waals surface area contributed by atoms with Crippen LogP contribution < -0.4 is 5.32 Å². The van der Waals surface area contributed by atoms with Crippen LogP contribution in [-0.4, -0.2) is 22.5 Å². The maximum Gasteiger partial charge on any atom is 0.244 e. The van der Waals surface area contributed by atoms with Gasteiger partial charge in [0, 0.05) is 17.2 Å². The first-order valence-corrected chi connectivity index (χ1v) is 6.94. The van der Waals surface area contributed by atoms with Crippen LogP contribution in [0.5, 0.6) is 0 Å². The number of rotatable bonds is 5. The lowest BCUT2D eigenvalue weighted by Crippen LogP contribution is -2.37. The molecule has 0 radical (unpaired) electrons. The van der Waals surface area contributed by atoms with Crippen LogP contribution in [0.3, 0.4) is 0 Å². The van der Waals surface area contributed by atoms with E-state index < -0.39 is 5.60 Å². The summed E-state index contributed by atoms with van der Waals surface area (Å²) in [6.07, 6.45) is 6.31. The molecule has 0 fully saturated rings. The van der Waals surface area contributed by atoms with Gasteiger partial charge in [-0.2, -0.15) is 0 Å². The average molecular weight is 292 g/mol. The van der Waals surface area contributed by atoms with Crippen LogP contribution in [0.25, 0.3) is 6.08 Å². The third kappa shape index (κ3) is 3.79. The van der Waals surface area contributed by atoms with Crippen molar-refractivity contribution in [3.8, 4) is 0 Å². The first kappa shape index (κ1) is 14.5. The monoisotopic (exact) mass is 292 g/mol. The number of aliphatic hydroxyl groups is 1. The highest BCUT2D eigenvalue weighted by Crippen LogP contribution is 2.19. The van der Waals surface area contributed by atoms with Crippen molar-refractivity contribution in [2.45, 2.75) is 19.4 Å². The number of furan rings is 1. The lowest BCUT2D eigenvalue weighted by molar-refractivity contribution is -0.117. The van der Waals surface area contributed by atoms with Gasteiger partial charge in [0.15, 0.2) is 0 Å². The Labute approximate surface area is 121 Å². The maximum atomic E-state index is 11.7. The van der Waals surface area contributed by atoms with Gasteiger partial charge in [-0.15, -0.1) is 11.3 Å². The number of nitrogens with zero attached hydrogens (tertiary/aromatic N) is 1. The number of nitrogens with one attached hydrogen (secondary N) is 1. The van der Waals surface area contributed by atoms with E-state index >= 15 is 0 Å². The first-order chi connectivity index (χ1) is 9.47. The molecule has 0 aliphatic rings. The van der Waals surface area contributed by atoms with Crippen LogP contribution in [0.2, 0.25) is 0 Å². The van der Waals surface area contributed by atoms with Crippen molar-refractivity contribution in [3.63, 3.8) is 0 Å². The van der Waals surface area contributed by atoms with E-state index in [1.54, 1.807) is 31.3 Å². The molecule has 106 valence electrons. The number of hydrogen-bond donors (Lipinski definition) is 2. The van der Waals surface area contributed by atoms with E-state index in [2.05, 4.69) is 10.3 Å². The van der Waals surface area contributed by atoms with Gasteiger partial charge in [0.2, 0.25) is 5.91 Å². The second kappa shape index (κ2) is 6.02. The molecule has 1 amide bonds. The van der Waals surface area contributed by atoms with E-state index in [1.165, 1.54) is 23.7 Å². The Balaban J connectivity index is 1.88. The van der Waals surface area contributed by atoms with Crippen LogP contribution >= 0.6 is 11.3 Å². The molecule has 1 atom stereocenters. The van der Waals surface area contributed by atoms with E-state index in [0.717, 1.165) is 9.88 Å². The lowest BCUT2D eigenvalue weighted by Gasteiger charge is -2.20. The van der Waals surface area contributed by atoms with Crippen molar-refractivity contribution in [3.05, 3.63) is 46.3 Å². The number of aryl methyl sites for hydroxylation is 1. The molecule has 0 bridgehead atoms. The van der Waals surface area contributed by atoms with Crippen LogP contribution in [0.1, 0.15) is 22.6 Å². The first-order valence-electron chi connectivity index (χ1n) is 6.12. The number of hydrogen-bond acceptors (Lipinski definition) is 5. The minimum atomic E-state index is -1.23. The molecule has 0 aliphatic heterocycles. The fourth-order valence-corrected chi connectivity index (χ4v) is 2.29. The van der Waals surface area contributed by atoms with Gasteiger partial charge in [-0.25, -0.2) is 4.98 Å². The smallest absolute Gasteiger partial charge is 0.244 e. The fraction of sp³-hybridized carbons (Fsp3) is 0.286. The molecular formula is C14H16N2O3S. The molecule has 2 aromatic rings. The summed E-state index contributed by atoms with van der Waals surface area (Å²) in [5, 5.41) is 13.8. The van der Waals surface area contributed by atoms with E-state index in [1.807, 2.05) is 6.92 Å². The van der Waals surface area contributed by atoms with Gasteiger partial charge in [0.1, 0.15) is 11.4 Å². The highest BCUT2D eigenvalue weighted by atomic mass is 32.1. The lowest BCUT2D eigenvalue weighted by atomic mass is 10.0. The summed E-state index contributed by atoms with van der Waals surface area (Å²) in [4.78, 5) is 16.7. The molecule has 2 heterocycles. The highest BCUT2D eigenvalue weighted by molar-refractivity contribution is 7.12. The van der Waals surface area contributed by atoms with Crippen molar-refractivity contribution in [2.75, 3.05) is 6.54 Å². The number of aromatic nitrogens is 1. The maximum absolute atomic E-state index is 11.7. The molecule has 0 spiro atoms. The van der Waals surface area contributed by atoms with Crippen molar-refractivity contribution >= 4 is 23.3 Å². The van der Waals surface area contributed by atoms with Gasteiger partial charge in [-0.3, -0.25) is 4.79 Å². The van der Waals surface area contributed by atoms with E-state index in [0.29, 0.717) is 5.76 Å². The second-order valence-corrected chi connectivity index (χ2v) is 5.85. The van der Waals surface area contributed by atoms with E-state index in [-0.39, 0.29) is 12.5 Å². The summed E-state index contributed by atoms with van der Waals surface area (Å²) in [5.74, 6) is 0.141. The normalized spacial score (nSPS) is 14.3. The average Bonchev–Trinajstić information content (AvgIpc) is 3.05. The number of carbonyl (C=O) groups excluding carboxylic acids is 1. The van der Waals surface area contributed by atoms with Crippen molar-refractivity contribution in [2.24, 2.45) is 0 Å². The Bertz CT molecular complexity index is 600. The number of carbonyl (C=O) groups is 1. The van der Waals surface area contributed by atoms with Crippen molar-refractivity contribution < 1.29 is 14.3 Å². The topological polar surface area (TPSA) is 75.4 Å².